The number of anilines is 2. The molecule has 272 valence electrons. The highest BCUT2D eigenvalue weighted by Gasteiger charge is 2.54. The summed E-state index contributed by atoms with van der Waals surface area (Å²) in [7, 11) is 0. The number of halogens is 4. The number of amides is 1. The Morgan fingerprint density at radius 1 is 1.13 bits per heavy atom. The zero-order valence-electron chi connectivity index (χ0n) is 28.9. The Bertz CT molecular complexity index is 2200. The quantitative estimate of drug-likeness (QED) is 0.216. The standard InChI is InChI=1S/C38H39ClF3N7O2S/c1-36(9-10-36)34(50)48-18-37(19-48)7-2-3-11-47(17-37)33-23-13-25(39)28(22-5-6-26(41)31-27(22)24(15-43)32(44)52-31)29(42)30(23)45-35(46-33)51-20-38-8-4-12-49(38)16-21(40)14-38/h5-6,13,21H,2-4,7-12,14,16-20,44H2,1H3/t21-,38+/m1/s1. The highest BCUT2D eigenvalue weighted by Crippen LogP contribution is 2.51. The predicted octanol–water partition coefficient (Wildman–Crippen LogP) is 7.47. The van der Waals surface area contributed by atoms with Crippen molar-refractivity contribution in [3.05, 3.63) is 40.4 Å². The number of aromatic nitrogens is 2. The Morgan fingerprint density at radius 3 is 2.71 bits per heavy atom. The summed E-state index contributed by atoms with van der Waals surface area (Å²) in [5, 5.41) is 10.7. The number of nitriles is 1. The lowest BCUT2D eigenvalue weighted by Crippen LogP contribution is -2.63. The van der Waals surface area contributed by atoms with Crippen molar-refractivity contribution in [2.75, 3.05) is 56.5 Å². The summed E-state index contributed by atoms with van der Waals surface area (Å²) < 4.78 is 53.3. The van der Waals surface area contributed by atoms with Crippen molar-refractivity contribution in [2.45, 2.75) is 70.0 Å². The van der Waals surface area contributed by atoms with Crippen molar-refractivity contribution in [3.63, 3.8) is 0 Å². The van der Waals surface area contributed by atoms with Gasteiger partial charge in [0.1, 0.15) is 41.0 Å². The summed E-state index contributed by atoms with van der Waals surface area (Å²) in [5.74, 6) is -0.631. The van der Waals surface area contributed by atoms with Gasteiger partial charge in [0.05, 0.1) is 20.8 Å². The van der Waals surface area contributed by atoms with E-state index in [0.717, 1.165) is 62.8 Å². The molecule has 6 heterocycles. The molecule has 2 atom stereocenters. The first-order valence-corrected chi connectivity index (χ1v) is 19.3. The lowest BCUT2D eigenvalue weighted by molar-refractivity contribution is -0.148. The number of likely N-dealkylation sites (tertiary alicyclic amines) is 1. The molecule has 5 fully saturated rings. The Labute approximate surface area is 308 Å². The monoisotopic (exact) mass is 749 g/mol. The van der Waals surface area contributed by atoms with E-state index in [-0.39, 0.29) is 71.7 Å². The summed E-state index contributed by atoms with van der Waals surface area (Å²) in [4.78, 5) is 29.0. The molecule has 5 aliphatic rings. The van der Waals surface area contributed by atoms with Gasteiger partial charge in [0.25, 0.3) is 0 Å². The van der Waals surface area contributed by atoms with E-state index in [4.69, 9.17) is 27.1 Å². The number of alkyl halides is 1. The number of hydrogen-bond donors (Lipinski definition) is 1. The molecule has 4 saturated heterocycles. The van der Waals surface area contributed by atoms with Crippen LogP contribution in [0, 0.1) is 33.8 Å². The summed E-state index contributed by atoms with van der Waals surface area (Å²) in [6.45, 7) is 5.95. The third-order valence-corrected chi connectivity index (χ3v) is 13.7. The first-order chi connectivity index (χ1) is 24.9. The molecule has 0 radical (unpaired) electrons. The topological polar surface area (TPSA) is 112 Å². The van der Waals surface area contributed by atoms with Gasteiger partial charge in [-0.05, 0) is 62.8 Å². The number of fused-ring (bicyclic) bond motifs is 3. The number of nitrogens with zero attached hydrogens (tertiary/aromatic N) is 6. The number of nitrogen functional groups attached to an aromatic ring is 1. The van der Waals surface area contributed by atoms with Crippen molar-refractivity contribution < 1.29 is 22.7 Å². The summed E-state index contributed by atoms with van der Waals surface area (Å²) in [6.07, 6.45) is 5.82. The number of nitrogens with two attached hydrogens (primary N) is 1. The Hall–Kier alpha value is -3.86. The number of benzene rings is 2. The van der Waals surface area contributed by atoms with Gasteiger partial charge in [-0.3, -0.25) is 9.69 Å². The normalized spacial score (nSPS) is 25.0. The maximum absolute atomic E-state index is 17.2. The molecule has 1 saturated carbocycles. The van der Waals surface area contributed by atoms with Crippen LogP contribution in [-0.2, 0) is 4.79 Å². The minimum atomic E-state index is -0.944. The maximum Gasteiger partial charge on any atom is 0.319 e. The second-order valence-electron chi connectivity index (χ2n) is 16.0. The van der Waals surface area contributed by atoms with Crippen molar-refractivity contribution in [3.8, 4) is 23.2 Å². The Balaban J connectivity index is 1.15. The maximum atomic E-state index is 17.2. The summed E-state index contributed by atoms with van der Waals surface area (Å²) in [5.41, 5.74) is 5.49. The predicted molar refractivity (Wildman–Crippen MR) is 195 cm³/mol. The smallest absolute Gasteiger partial charge is 0.319 e. The van der Waals surface area contributed by atoms with Gasteiger partial charge in [0.2, 0.25) is 5.91 Å². The van der Waals surface area contributed by atoms with Crippen LogP contribution in [0.25, 0.3) is 32.1 Å². The minimum Gasteiger partial charge on any atom is -0.461 e. The lowest BCUT2D eigenvalue weighted by atomic mass is 9.75. The average Bonchev–Trinajstić information content (AvgIpc) is 3.55. The van der Waals surface area contributed by atoms with Gasteiger partial charge >= 0.3 is 6.01 Å². The third kappa shape index (κ3) is 5.30. The summed E-state index contributed by atoms with van der Waals surface area (Å²) >= 11 is 7.88. The van der Waals surface area contributed by atoms with E-state index in [1.165, 1.54) is 12.1 Å². The van der Waals surface area contributed by atoms with E-state index in [9.17, 15) is 18.8 Å². The van der Waals surface area contributed by atoms with E-state index >= 15 is 4.39 Å². The fourth-order valence-corrected chi connectivity index (χ4v) is 10.6. The fourth-order valence-electron chi connectivity index (χ4n) is 9.36. The molecule has 1 spiro atoms. The largest absolute Gasteiger partial charge is 0.461 e. The SMILES string of the molecule is CC1(C(=O)N2CC3(CCCCN(c4nc(OC[C@@]56CCCN5C[C@H](F)C6)nc5c(F)c(-c6ccc(F)c7sc(N)c(C#N)c67)c(Cl)cc45)C3)C2)CC1. The van der Waals surface area contributed by atoms with Crippen LogP contribution in [0.5, 0.6) is 6.01 Å². The molecule has 4 aliphatic heterocycles. The van der Waals surface area contributed by atoms with Crippen LogP contribution in [0.1, 0.15) is 63.9 Å². The second kappa shape index (κ2) is 12.1. The van der Waals surface area contributed by atoms with Gasteiger partial charge in [0.15, 0.2) is 5.82 Å². The van der Waals surface area contributed by atoms with Gasteiger partial charge in [-0.2, -0.15) is 15.2 Å². The lowest BCUT2D eigenvalue weighted by Gasteiger charge is -2.52. The van der Waals surface area contributed by atoms with Crippen LogP contribution in [0.2, 0.25) is 5.02 Å². The number of carbonyl (C=O) groups is 1. The Kier molecular flexibility index (Phi) is 7.89. The molecule has 2 N–H and O–H groups in total. The van der Waals surface area contributed by atoms with Crippen LogP contribution in [0.4, 0.5) is 24.0 Å². The molecule has 52 heavy (non-hydrogen) atoms. The Morgan fingerprint density at radius 2 is 1.94 bits per heavy atom. The van der Waals surface area contributed by atoms with E-state index in [1.54, 1.807) is 6.07 Å². The molecule has 2 aromatic heterocycles. The zero-order valence-corrected chi connectivity index (χ0v) is 30.5. The molecule has 0 bridgehead atoms. The van der Waals surface area contributed by atoms with Crippen LogP contribution in [0.3, 0.4) is 0 Å². The first kappa shape index (κ1) is 33.9. The molecule has 1 amide bonds. The number of rotatable bonds is 6. The van der Waals surface area contributed by atoms with Gasteiger partial charge in [0, 0.05) is 66.3 Å². The molecular formula is C38H39ClF3N7O2S. The van der Waals surface area contributed by atoms with Gasteiger partial charge in [-0.1, -0.05) is 31.0 Å². The van der Waals surface area contributed by atoms with Crippen LogP contribution < -0.4 is 15.4 Å². The van der Waals surface area contributed by atoms with Crippen molar-refractivity contribution in [2.24, 2.45) is 10.8 Å². The number of hydrogen-bond acceptors (Lipinski definition) is 9. The fraction of sp³-hybridized carbons (Fsp3) is 0.526. The van der Waals surface area contributed by atoms with E-state index < -0.39 is 23.3 Å². The van der Waals surface area contributed by atoms with E-state index in [0.29, 0.717) is 50.3 Å². The van der Waals surface area contributed by atoms with E-state index in [1.807, 2.05) is 17.9 Å². The molecule has 9 nitrogen and oxygen atoms in total. The van der Waals surface area contributed by atoms with Gasteiger partial charge in [-0.25, -0.2) is 13.2 Å². The van der Waals surface area contributed by atoms with Crippen LogP contribution in [0.15, 0.2) is 18.2 Å². The van der Waals surface area contributed by atoms with Gasteiger partial charge in [-0.15, -0.1) is 11.3 Å². The minimum absolute atomic E-state index is 0.0229. The van der Waals surface area contributed by atoms with Crippen molar-refractivity contribution in [1.29, 1.82) is 5.26 Å². The van der Waals surface area contributed by atoms with E-state index in [2.05, 4.69) is 14.8 Å². The van der Waals surface area contributed by atoms with Gasteiger partial charge < -0.3 is 20.3 Å². The molecule has 9 rings (SSSR count). The average molecular weight is 750 g/mol. The zero-order chi connectivity index (χ0) is 36.2. The second-order valence-corrected chi connectivity index (χ2v) is 17.4. The van der Waals surface area contributed by atoms with Crippen molar-refractivity contribution in [1.82, 2.24) is 19.8 Å². The molecule has 0 unspecified atom stereocenters. The third-order valence-electron chi connectivity index (χ3n) is 12.3. The highest BCUT2D eigenvalue weighted by molar-refractivity contribution is 7.23. The van der Waals surface area contributed by atoms with Crippen LogP contribution in [-0.4, -0.2) is 83.3 Å². The molecule has 2 aromatic carbocycles. The molecular weight excluding hydrogens is 711 g/mol. The molecule has 4 aromatic rings. The number of thiophene rings is 1. The van der Waals surface area contributed by atoms with Crippen molar-refractivity contribution >= 4 is 60.7 Å². The molecule has 1 aliphatic carbocycles. The van der Waals surface area contributed by atoms with Crippen LogP contribution >= 0.6 is 22.9 Å². The first-order valence-electron chi connectivity index (χ1n) is 18.1. The summed E-state index contributed by atoms with van der Waals surface area (Å²) in [6, 6.07) is 6.29. The molecule has 14 heteroatoms. The highest BCUT2D eigenvalue weighted by atomic mass is 35.5. The number of carbonyl (C=O) groups excluding carboxylic acids is 1. The number of ether oxygens (including phenoxy) is 1.